The molecule has 0 bridgehead atoms. The number of carbonyl (C=O) groups is 1. The van der Waals surface area contributed by atoms with Crippen molar-refractivity contribution in [2.75, 3.05) is 7.11 Å². The molecule has 0 unspecified atom stereocenters. The van der Waals surface area contributed by atoms with E-state index in [-0.39, 0.29) is 11.3 Å². The zero-order valence-corrected chi connectivity index (χ0v) is 23.4. The zero-order valence-electron chi connectivity index (χ0n) is 23.4. The Morgan fingerprint density at radius 1 is 0.765 bits per heavy atom. The molecule has 10 atom stereocenters. The molecule has 5 aliphatic rings. The van der Waals surface area contributed by atoms with Gasteiger partial charge in [-0.3, -0.25) is 0 Å². The van der Waals surface area contributed by atoms with E-state index in [9.17, 15) is 9.90 Å². The summed E-state index contributed by atoms with van der Waals surface area (Å²) in [6, 6.07) is 0. The van der Waals surface area contributed by atoms with E-state index in [1.807, 2.05) is 0 Å². The van der Waals surface area contributed by atoms with Crippen molar-refractivity contribution in [2.24, 2.45) is 56.7 Å². The molecule has 0 spiro atoms. The molecule has 0 aromatic heterocycles. The van der Waals surface area contributed by atoms with Gasteiger partial charge in [-0.1, -0.05) is 48.0 Å². The number of rotatable bonds is 2. The van der Waals surface area contributed by atoms with Crippen LogP contribution in [0, 0.1) is 56.7 Å². The molecule has 5 fully saturated rings. The fourth-order valence-electron chi connectivity index (χ4n) is 12.3. The summed E-state index contributed by atoms with van der Waals surface area (Å²) in [5.41, 5.74) is 0.549. The minimum absolute atomic E-state index is 0.0208. The first-order valence-electron chi connectivity index (χ1n) is 14.5. The third-order valence-corrected chi connectivity index (χ3v) is 14.0. The fraction of sp³-hybridized carbons (Fsp3) is 0.968. The second kappa shape index (κ2) is 7.48. The lowest BCUT2D eigenvalue weighted by Crippen LogP contribution is -2.66. The average molecular weight is 473 g/mol. The number of carbonyl (C=O) groups excluding carboxylic acids is 1. The van der Waals surface area contributed by atoms with E-state index in [1.54, 1.807) is 6.92 Å². The first-order chi connectivity index (χ1) is 15.7. The lowest BCUT2D eigenvalue weighted by Gasteiger charge is -2.73. The highest BCUT2D eigenvalue weighted by Crippen LogP contribution is 2.78. The second-order valence-corrected chi connectivity index (χ2v) is 15.4. The van der Waals surface area contributed by atoms with Crippen molar-refractivity contribution >= 4 is 5.97 Å². The first-order valence-corrected chi connectivity index (χ1v) is 14.5. The van der Waals surface area contributed by atoms with Gasteiger partial charge in [-0.15, -0.1) is 0 Å². The number of hydrogen-bond donors (Lipinski definition) is 1. The predicted octanol–water partition coefficient (Wildman–Crippen LogP) is 7.40. The van der Waals surface area contributed by atoms with Crippen LogP contribution in [-0.4, -0.2) is 23.8 Å². The largest absolute Gasteiger partial charge is 0.467 e. The van der Waals surface area contributed by atoms with Crippen LogP contribution in [0.25, 0.3) is 0 Å². The highest BCUT2D eigenvalue weighted by Gasteiger charge is 2.71. The molecule has 0 radical (unpaired) electrons. The Balaban J connectivity index is 1.49. The van der Waals surface area contributed by atoms with Crippen LogP contribution in [0.3, 0.4) is 0 Å². The third-order valence-electron chi connectivity index (χ3n) is 14.0. The van der Waals surface area contributed by atoms with E-state index >= 15 is 0 Å². The Kier molecular flexibility index (Phi) is 5.52. The molecule has 5 rings (SSSR count). The van der Waals surface area contributed by atoms with Crippen LogP contribution in [0.1, 0.15) is 119 Å². The summed E-state index contributed by atoms with van der Waals surface area (Å²) < 4.78 is 5.04. The van der Waals surface area contributed by atoms with E-state index in [2.05, 4.69) is 41.5 Å². The molecule has 194 valence electrons. The van der Waals surface area contributed by atoms with Crippen LogP contribution in [0.2, 0.25) is 0 Å². The predicted molar refractivity (Wildman–Crippen MR) is 137 cm³/mol. The van der Waals surface area contributed by atoms with Crippen LogP contribution in [0.15, 0.2) is 0 Å². The maximum Gasteiger partial charge on any atom is 0.337 e. The summed E-state index contributed by atoms with van der Waals surface area (Å²) in [4.78, 5) is 12.5. The average Bonchev–Trinajstić information content (AvgIpc) is 3.10. The van der Waals surface area contributed by atoms with Crippen molar-refractivity contribution in [3.8, 4) is 0 Å². The van der Waals surface area contributed by atoms with E-state index in [0.29, 0.717) is 33.5 Å². The molecule has 5 aliphatic carbocycles. The fourth-order valence-corrected chi connectivity index (χ4v) is 12.3. The molecule has 34 heavy (non-hydrogen) atoms. The van der Waals surface area contributed by atoms with Crippen molar-refractivity contribution < 1.29 is 14.6 Å². The molecular weight excluding hydrogens is 420 g/mol. The van der Waals surface area contributed by atoms with E-state index < -0.39 is 11.6 Å². The number of ether oxygens (including phenoxy) is 1. The number of aliphatic hydroxyl groups is 1. The third kappa shape index (κ3) is 2.94. The normalized spacial score (nSPS) is 53.5. The molecule has 0 saturated heterocycles. The van der Waals surface area contributed by atoms with Gasteiger partial charge in [0.1, 0.15) is 0 Å². The highest BCUT2D eigenvalue weighted by atomic mass is 16.5. The monoisotopic (exact) mass is 472 g/mol. The molecule has 0 aliphatic heterocycles. The van der Waals surface area contributed by atoms with Gasteiger partial charge >= 0.3 is 5.97 Å². The van der Waals surface area contributed by atoms with Gasteiger partial charge in [0.05, 0.1) is 7.11 Å². The van der Waals surface area contributed by atoms with Gasteiger partial charge in [0.2, 0.25) is 0 Å². The van der Waals surface area contributed by atoms with Gasteiger partial charge in [-0.25, -0.2) is 4.79 Å². The first kappa shape index (κ1) is 25.1. The maximum absolute atomic E-state index is 12.5. The summed E-state index contributed by atoms with van der Waals surface area (Å²) in [6.07, 6.45) is 14.2. The molecule has 0 aromatic rings. The van der Waals surface area contributed by atoms with Gasteiger partial charge in [-0.05, 0) is 122 Å². The molecule has 3 nitrogen and oxygen atoms in total. The molecule has 3 heteroatoms. The highest BCUT2D eigenvalue weighted by molar-refractivity contribution is 5.79. The summed E-state index contributed by atoms with van der Waals surface area (Å²) in [5, 5.41) is 11.3. The lowest BCUT2D eigenvalue weighted by atomic mass is 9.32. The number of fused-ring (bicyclic) bond motifs is 7. The molecular formula is C31H52O3. The second-order valence-electron chi connectivity index (χ2n) is 15.4. The van der Waals surface area contributed by atoms with Crippen molar-refractivity contribution in [2.45, 2.75) is 125 Å². The van der Waals surface area contributed by atoms with Crippen LogP contribution in [-0.2, 0) is 9.53 Å². The molecule has 0 aromatic carbocycles. The smallest absolute Gasteiger partial charge is 0.337 e. The molecule has 0 heterocycles. The Morgan fingerprint density at radius 2 is 1.35 bits per heavy atom. The minimum Gasteiger partial charge on any atom is -0.467 e. The SMILES string of the molecule is COC(=O)[C@@](C)(O)[C@H]1CC[C@]2(C)[C@H]3CC[C@@H]4[C@@]5(C)CCCC(C)(C)[C@@H]5CC[C@@]4(C)[C@]3(C)CC[C@@H]12. The number of methoxy groups -OCH3 is 1. The van der Waals surface area contributed by atoms with Crippen molar-refractivity contribution in [1.82, 2.24) is 0 Å². The van der Waals surface area contributed by atoms with Crippen LogP contribution in [0.5, 0.6) is 0 Å². The topological polar surface area (TPSA) is 46.5 Å². The number of hydrogen-bond acceptors (Lipinski definition) is 3. The quantitative estimate of drug-likeness (QED) is 0.426. The lowest BCUT2D eigenvalue weighted by molar-refractivity contribution is -0.243. The molecule has 5 saturated carbocycles. The Bertz CT molecular complexity index is 846. The van der Waals surface area contributed by atoms with Crippen molar-refractivity contribution in [3.05, 3.63) is 0 Å². The van der Waals surface area contributed by atoms with Crippen molar-refractivity contribution in [3.63, 3.8) is 0 Å². The Morgan fingerprint density at radius 3 is 1.97 bits per heavy atom. The van der Waals surface area contributed by atoms with E-state index in [1.165, 1.54) is 58.5 Å². The van der Waals surface area contributed by atoms with E-state index in [0.717, 1.165) is 31.1 Å². The Hall–Kier alpha value is -0.570. The minimum atomic E-state index is -1.37. The van der Waals surface area contributed by atoms with Crippen LogP contribution >= 0.6 is 0 Å². The van der Waals surface area contributed by atoms with Gasteiger partial charge in [-0.2, -0.15) is 0 Å². The molecule has 1 N–H and O–H groups in total. The molecule has 0 amide bonds. The van der Waals surface area contributed by atoms with Crippen LogP contribution < -0.4 is 0 Å². The zero-order chi connectivity index (χ0) is 24.9. The van der Waals surface area contributed by atoms with Gasteiger partial charge < -0.3 is 9.84 Å². The summed E-state index contributed by atoms with van der Waals surface area (Å²) >= 11 is 0. The van der Waals surface area contributed by atoms with Crippen molar-refractivity contribution in [1.29, 1.82) is 0 Å². The maximum atomic E-state index is 12.5. The summed E-state index contributed by atoms with van der Waals surface area (Å²) in [5.74, 6) is 2.37. The van der Waals surface area contributed by atoms with Gasteiger partial charge in [0.25, 0.3) is 0 Å². The summed E-state index contributed by atoms with van der Waals surface area (Å²) in [7, 11) is 1.41. The summed E-state index contributed by atoms with van der Waals surface area (Å²) in [6.45, 7) is 17.4. The van der Waals surface area contributed by atoms with E-state index in [4.69, 9.17) is 4.74 Å². The van der Waals surface area contributed by atoms with Gasteiger partial charge in [0.15, 0.2) is 5.60 Å². The standard InChI is InChI=1S/C31H52O3/c1-26(2)15-9-16-28(4)22(26)14-19-30(6)24(28)11-10-23-27(3)17-12-21(31(7,33)25(32)34-8)20(27)13-18-29(23,30)5/h20-24,33H,9-19H2,1-8H3/t20-,21-,22-,23+,24+,27-,28-,29+,30+,31-/m0/s1. The Labute approximate surface area is 209 Å². The van der Waals surface area contributed by atoms with Crippen LogP contribution in [0.4, 0.5) is 0 Å². The van der Waals surface area contributed by atoms with Gasteiger partial charge in [0, 0.05) is 5.92 Å². The number of esters is 1.